The Morgan fingerprint density at radius 2 is 1.75 bits per heavy atom. The van der Waals surface area contributed by atoms with Crippen LogP contribution in [-0.4, -0.2) is 16.8 Å². The van der Waals surface area contributed by atoms with Crippen molar-refractivity contribution in [1.82, 2.24) is 10.3 Å². The largest absolute Gasteiger partial charge is 0.347 e. The highest BCUT2D eigenvalue weighted by Gasteiger charge is 2.12. The Labute approximate surface area is 168 Å². The second-order valence-corrected chi connectivity index (χ2v) is 6.62. The molecule has 1 aromatic heterocycles. The number of aromatic nitrogens is 1. The lowest BCUT2D eigenvalue weighted by atomic mass is 10.1. The first-order chi connectivity index (χ1) is 13.6. The third kappa shape index (κ3) is 4.96. The monoisotopic (exact) mass is 393 g/mol. The molecule has 5 nitrogen and oxygen atoms in total. The van der Waals surface area contributed by atoms with E-state index in [-0.39, 0.29) is 24.1 Å². The van der Waals surface area contributed by atoms with E-state index in [2.05, 4.69) is 22.5 Å². The smallest absolute Gasteiger partial charge is 0.270 e. The molecule has 0 aliphatic heterocycles. The Kier molecular flexibility index (Phi) is 6.40. The van der Waals surface area contributed by atoms with Crippen molar-refractivity contribution in [2.24, 2.45) is 0 Å². The van der Waals surface area contributed by atoms with E-state index >= 15 is 0 Å². The van der Waals surface area contributed by atoms with Gasteiger partial charge in [-0.05, 0) is 47.9 Å². The molecule has 0 bridgehead atoms. The predicted octanol–water partition coefficient (Wildman–Crippen LogP) is 4.48. The number of nitrogens with one attached hydrogen (secondary N) is 2. The summed E-state index contributed by atoms with van der Waals surface area (Å²) >= 11 is 6.10. The number of halogens is 1. The van der Waals surface area contributed by atoms with Gasteiger partial charge in [-0.25, -0.2) is 0 Å². The van der Waals surface area contributed by atoms with Gasteiger partial charge in [0.2, 0.25) is 0 Å². The van der Waals surface area contributed by atoms with Crippen LogP contribution in [0.3, 0.4) is 0 Å². The molecule has 142 valence electrons. The summed E-state index contributed by atoms with van der Waals surface area (Å²) in [4.78, 5) is 28.9. The summed E-state index contributed by atoms with van der Waals surface area (Å²) in [6.07, 6.45) is 2.38. The minimum Gasteiger partial charge on any atom is -0.347 e. The number of anilines is 1. The van der Waals surface area contributed by atoms with Crippen LogP contribution in [0.2, 0.25) is 5.02 Å². The van der Waals surface area contributed by atoms with E-state index in [1.54, 1.807) is 12.1 Å². The van der Waals surface area contributed by atoms with E-state index in [0.29, 0.717) is 16.3 Å². The van der Waals surface area contributed by atoms with Gasteiger partial charge in [0.25, 0.3) is 11.8 Å². The van der Waals surface area contributed by atoms with Crippen LogP contribution in [0.1, 0.15) is 38.9 Å². The molecular weight excluding hydrogens is 374 g/mol. The van der Waals surface area contributed by atoms with E-state index in [4.69, 9.17) is 11.6 Å². The second kappa shape index (κ2) is 9.15. The lowest BCUT2D eigenvalue weighted by Crippen LogP contribution is -2.24. The summed E-state index contributed by atoms with van der Waals surface area (Å²) in [5.41, 5.74) is 3.23. The summed E-state index contributed by atoms with van der Waals surface area (Å²) < 4.78 is 0. The highest BCUT2D eigenvalue weighted by Crippen LogP contribution is 2.15. The van der Waals surface area contributed by atoms with Crippen molar-refractivity contribution in [1.29, 1.82) is 0 Å². The first-order valence-electron chi connectivity index (χ1n) is 8.94. The molecule has 2 N–H and O–H groups in total. The third-order valence-corrected chi connectivity index (χ3v) is 4.64. The van der Waals surface area contributed by atoms with E-state index in [9.17, 15) is 9.59 Å². The van der Waals surface area contributed by atoms with E-state index in [1.165, 1.54) is 17.8 Å². The van der Waals surface area contributed by atoms with Crippen LogP contribution in [-0.2, 0) is 13.0 Å². The molecule has 2 aromatic carbocycles. The third-order valence-electron chi connectivity index (χ3n) is 4.27. The van der Waals surface area contributed by atoms with Crippen molar-refractivity contribution in [3.05, 3.63) is 94.3 Å². The van der Waals surface area contributed by atoms with Gasteiger partial charge in [0.15, 0.2) is 0 Å². The number of amides is 2. The Balaban J connectivity index is 1.66. The fourth-order valence-electron chi connectivity index (χ4n) is 2.63. The lowest BCUT2D eigenvalue weighted by Gasteiger charge is -2.09. The number of hydrogen-bond acceptors (Lipinski definition) is 3. The van der Waals surface area contributed by atoms with Gasteiger partial charge in [-0.1, -0.05) is 48.9 Å². The zero-order valence-electron chi connectivity index (χ0n) is 15.4. The molecule has 0 saturated heterocycles. The molecule has 1 heterocycles. The summed E-state index contributed by atoms with van der Waals surface area (Å²) in [5, 5.41) is 6.17. The van der Waals surface area contributed by atoms with Crippen LogP contribution < -0.4 is 10.6 Å². The van der Waals surface area contributed by atoms with Crippen molar-refractivity contribution in [3.8, 4) is 0 Å². The first-order valence-corrected chi connectivity index (χ1v) is 9.32. The van der Waals surface area contributed by atoms with Crippen molar-refractivity contribution in [3.63, 3.8) is 0 Å². The average Bonchev–Trinajstić information content (AvgIpc) is 2.73. The fourth-order valence-corrected chi connectivity index (χ4v) is 2.83. The van der Waals surface area contributed by atoms with Gasteiger partial charge < -0.3 is 10.6 Å². The topological polar surface area (TPSA) is 71.1 Å². The molecule has 28 heavy (non-hydrogen) atoms. The molecule has 0 aliphatic carbocycles. The van der Waals surface area contributed by atoms with Gasteiger partial charge in [-0.2, -0.15) is 0 Å². The average molecular weight is 394 g/mol. The van der Waals surface area contributed by atoms with Crippen LogP contribution in [0.5, 0.6) is 0 Å². The number of rotatable bonds is 6. The Bertz CT molecular complexity index is 987. The van der Waals surface area contributed by atoms with Crippen LogP contribution in [0.4, 0.5) is 5.69 Å². The molecule has 0 unspecified atom stereocenters. The number of carbonyl (C=O) groups is 2. The summed E-state index contributed by atoms with van der Waals surface area (Å²) in [7, 11) is 0. The van der Waals surface area contributed by atoms with E-state index in [1.807, 2.05) is 42.5 Å². The quantitative estimate of drug-likeness (QED) is 0.648. The summed E-state index contributed by atoms with van der Waals surface area (Å²) in [5.74, 6) is -0.673. The Hall–Kier alpha value is -3.18. The second-order valence-electron chi connectivity index (χ2n) is 6.21. The zero-order chi connectivity index (χ0) is 19.9. The number of carbonyl (C=O) groups excluding carboxylic acids is 2. The molecule has 0 radical (unpaired) electrons. The molecule has 3 aromatic rings. The molecule has 3 rings (SSSR count). The lowest BCUT2D eigenvalue weighted by molar-refractivity contribution is 0.0946. The van der Waals surface area contributed by atoms with E-state index in [0.717, 1.165) is 12.0 Å². The highest BCUT2D eigenvalue weighted by molar-refractivity contribution is 6.31. The first kappa shape index (κ1) is 19.6. The maximum absolute atomic E-state index is 12.5. The Morgan fingerprint density at radius 3 is 2.46 bits per heavy atom. The number of nitrogens with zero attached hydrogens (tertiary/aromatic N) is 1. The minimum atomic E-state index is -0.373. The molecule has 2 amide bonds. The molecule has 0 aliphatic rings. The molecule has 6 heteroatoms. The summed E-state index contributed by atoms with van der Waals surface area (Å²) in [6, 6.07) is 18.0. The van der Waals surface area contributed by atoms with Crippen LogP contribution in [0.25, 0.3) is 0 Å². The van der Waals surface area contributed by atoms with Gasteiger partial charge in [-0.15, -0.1) is 0 Å². The van der Waals surface area contributed by atoms with Crippen LogP contribution in [0.15, 0.2) is 66.9 Å². The van der Waals surface area contributed by atoms with E-state index < -0.39 is 0 Å². The zero-order valence-corrected chi connectivity index (χ0v) is 16.2. The van der Waals surface area contributed by atoms with Gasteiger partial charge in [0, 0.05) is 29.0 Å². The maximum atomic E-state index is 12.5. The Morgan fingerprint density at radius 1 is 1.00 bits per heavy atom. The molecule has 0 atom stereocenters. The standard InChI is InChI=1S/C22H20ClN3O2/c1-2-15-7-9-18(10-8-15)26-21(27)16-11-12-24-20(13-16)22(28)25-14-17-5-3-4-6-19(17)23/h3-13H,2,14H2,1H3,(H,25,28)(H,26,27). The van der Waals surface area contributed by atoms with Gasteiger partial charge in [-0.3, -0.25) is 14.6 Å². The number of pyridine rings is 1. The predicted molar refractivity (Wildman–Crippen MR) is 111 cm³/mol. The van der Waals surface area contributed by atoms with Gasteiger partial charge in [0.1, 0.15) is 5.69 Å². The molecule has 0 fully saturated rings. The molecular formula is C22H20ClN3O2. The van der Waals surface area contributed by atoms with Gasteiger partial charge in [0.05, 0.1) is 0 Å². The number of aryl methyl sites for hydroxylation is 1. The SMILES string of the molecule is CCc1ccc(NC(=O)c2ccnc(C(=O)NCc3ccccc3Cl)c2)cc1. The van der Waals surface area contributed by atoms with Crippen molar-refractivity contribution in [2.75, 3.05) is 5.32 Å². The van der Waals surface area contributed by atoms with Crippen molar-refractivity contribution < 1.29 is 9.59 Å². The van der Waals surface area contributed by atoms with Crippen molar-refractivity contribution >= 4 is 29.1 Å². The summed E-state index contributed by atoms with van der Waals surface area (Å²) in [6.45, 7) is 2.35. The van der Waals surface area contributed by atoms with Gasteiger partial charge >= 0.3 is 0 Å². The number of hydrogen-bond donors (Lipinski definition) is 2. The normalized spacial score (nSPS) is 10.4. The minimum absolute atomic E-state index is 0.168. The van der Waals surface area contributed by atoms with Crippen LogP contribution in [0, 0.1) is 0 Å². The van der Waals surface area contributed by atoms with Crippen LogP contribution >= 0.6 is 11.6 Å². The number of benzene rings is 2. The highest BCUT2D eigenvalue weighted by atomic mass is 35.5. The van der Waals surface area contributed by atoms with Crippen molar-refractivity contribution in [2.45, 2.75) is 19.9 Å². The maximum Gasteiger partial charge on any atom is 0.270 e. The molecule has 0 saturated carbocycles. The fraction of sp³-hybridized carbons (Fsp3) is 0.136. The molecule has 0 spiro atoms.